The van der Waals surface area contributed by atoms with Crippen molar-refractivity contribution in [1.82, 2.24) is 0 Å². The Balaban J connectivity index is 1.92. The summed E-state index contributed by atoms with van der Waals surface area (Å²) < 4.78 is 4.70. The predicted octanol–water partition coefficient (Wildman–Crippen LogP) is 0.477. The number of nitrogens with one attached hydrogen (secondary N) is 1. The highest BCUT2D eigenvalue weighted by molar-refractivity contribution is 6.00. The minimum atomic E-state index is -1.11. The first-order chi connectivity index (χ1) is 7.18. The minimum Gasteiger partial charge on any atom is -0.479 e. The Morgan fingerprint density at radius 3 is 2.40 bits per heavy atom. The molecule has 1 aromatic rings. The van der Waals surface area contributed by atoms with E-state index in [1.54, 1.807) is 24.3 Å². The summed E-state index contributed by atoms with van der Waals surface area (Å²) in [5.41, 5.74) is 0.627. The number of carbonyl (C=O) groups is 2. The van der Waals surface area contributed by atoms with Crippen LogP contribution in [0.5, 0.6) is 0 Å². The van der Waals surface area contributed by atoms with Gasteiger partial charge in [0.1, 0.15) is 0 Å². The number of anilines is 1. The summed E-state index contributed by atoms with van der Waals surface area (Å²) in [6, 6.07) is 8.81. The molecule has 2 N–H and O–H groups in total. The molecule has 2 unspecified atom stereocenters. The molecule has 0 aliphatic carbocycles. The fourth-order valence-electron chi connectivity index (χ4n) is 1.23. The number of ether oxygens (including phenoxy) is 1. The number of epoxide rings is 1. The van der Waals surface area contributed by atoms with Gasteiger partial charge >= 0.3 is 5.97 Å². The Kier molecular flexibility index (Phi) is 2.39. The normalized spacial score (nSPS) is 23.2. The van der Waals surface area contributed by atoms with Gasteiger partial charge in [-0.05, 0) is 12.1 Å². The van der Waals surface area contributed by atoms with Crippen molar-refractivity contribution in [2.75, 3.05) is 5.32 Å². The van der Waals surface area contributed by atoms with E-state index in [9.17, 15) is 9.59 Å². The van der Waals surface area contributed by atoms with Crippen LogP contribution in [-0.4, -0.2) is 29.2 Å². The molecule has 1 saturated heterocycles. The van der Waals surface area contributed by atoms with E-state index in [0.29, 0.717) is 5.69 Å². The van der Waals surface area contributed by atoms with Crippen LogP contribution in [0.3, 0.4) is 0 Å². The summed E-state index contributed by atoms with van der Waals surface area (Å²) in [4.78, 5) is 21.8. The van der Waals surface area contributed by atoms with Crippen LogP contribution in [0.4, 0.5) is 5.69 Å². The molecule has 78 valence electrons. The number of rotatable bonds is 3. The average Bonchev–Trinajstić information content (AvgIpc) is 2.98. The van der Waals surface area contributed by atoms with E-state index < -0.39 is 24.1 Å². The van der Waals surface area contributed by atoms with Crippen molar-refractivity contribution < 1.29 is 19.4 Å². The van der Waals surface area contributed by atoms with Gasteiger partial charge in [-0.2, -0.15) is 0 Å². The summed E-state index contributed by atoms with van der Waals surface area (Å²) in [6.45, 7) is 0. The van der Waals surface area contributed by atoms with Gasteiger partial charge in [-0.25, -0.2) is 4.79 Å². The molecule has 15 heavy (non-hydrogen) atoms. The molecule has 1 amide bonds. The molecule has 0 saturated carbocycles. The van der Waals surface area contributed by atoms with Gasteiger partial charge in [-0.3, -0.25) is 4.79 Å². The molecule has 2 rings (SSSR count). The van der Waals surface area contributed by atoms with Gasteiger partial charge in [-0.1, -0.05) is 18.2 Å². The fourth-order valence-corrected chi connectivity index (χ4v) is 1.23. The second kappa shape index (κ2) is 3.70. The predicted molar refractivity (Wildman–Crippen MR) is 51.4 cm³/mol. The third-order valence-corrected chi connectivity index (χ3v) is 2.03. The number of carbonyl (C=O) groups excluding carboxylic acids is 1. The molecule has 1 aliphatic heterocycles. The van der Waals surface area contributed by atoms with Gasteiger partial charge in [0.05, 0.1) is 0 Å². The van der Waals surface area contributed by atoms with E-state index in [2.05, 4.69) is 5.32 Å². The van der Waals surface area contributed by atoms with Crippen LogP contribution in [-0.2, 0) is 14.3 Å². The molecule has 5 heteroatoms. The van der Waals surface area contributed by atoms with Gasteiger partial charge < -0.3 is 15.2 Å². The number of hydrogen-bond donors (Lipinski definition) is 2. The van der Waals surface area contributed by atoms with Gasteiger partial charge in [0, 0.05) is 5.69 Å². The van der Waals surface area contributed by atoms with Crippen LogP contribution < -0.4 is 5.32 Å². The van der Waals surface area contributed by atoms with Crippen molar-refractivity contribution in [2.24, 2.45) is 0 Å². The first-order valence-electron chi connectivity index (χ1n) is 4.42. The smallest absolute Gasteiger partial charge is 0.336 e. The summed E-state index contributed by atoms with van der Waals surface area (Å²) in [5.74, 6) is -1.53. The first-order valence-corrected chi connectivity index (χ1v) is 4.42. The van der Waals surface area contributed by atoms with Crippen LogP contribution in [0.2, 0.25) is 0 Å². The number of benzene rings is 1. The molecule has 0 bridgehead atoms. The maximum atomic E-state index is 11.4. The molecule has 0 spiro atoms. The fraction of sp³-hybridized carbons (Fsp3) is 0.200. The van der Waals surface area contributed by atoms with Crippen LogP contribution in [0, 0.1) is 0 Å². The highest BCUT2D eigenvalue weighted by atomic mass is 16.6. The highest BCUT2D eigenvalue weighted by Crippen LogP contribution is 2.23. The lowest BCUT2D eigenvalue weighted by molar-refractivity contribution is -0.138. The molecule has 5 nitrogen and oxygen atoms in total. The van der Waals surface area contributed by atoms with E-state index in [1.165, 1.54) is 0 Å². The highest BCUT2D eigenvalue weighted by Gasteiger charge is 2.50. The van der Waals surface area contributed by atoms with E-state index in [0.717, 1.165) is 0 Å². The molecule has 0 aromatic heterocycles. The number of amides is 1. The summed E-state index contributed by atoms with van der Waals surface area (Å²) >= 11 is 0. The molecular formula is C10H9NO4. The van der Waals surface area contributed by atoms with Crippen LogP contribution in [0.25, 0.3) is 0 Å². The second-order valence-corrected chi connectivity index (χ2v) is 3.17. The van der Waals surface area contributed by atoms with E-state index in [1.807, 2.05) is 6.07 Å². The lowest BCUT2D eigenvalue weighted by atomic mass is 10.2. The second-order valence-electron chi connectivity index (χ2n) is 3.17. The summed E-state index contributed by atoms with van der Waals surface area (Å²) in [7, 11) is 0. The molecule has 0 radical (unpaired) electrons. The Hall–Kier alpha value is -1.88. The number of carboxylic acid groups (broad SMARTS) is 1. The SMILES string of the molecule is O=C(O)C1OC1C(=O)Nc1ccccc1. The lowest BCUT2D eigenvalue weighted by Gasteiger charge is -2.01. The Labute approximate surface area is 85.7 Å². The number of aliphatic carboxylic acids is 1. The molecular weight excluding hydrogens is 198 g/mol. The van der Waals surface area contributed by atoms with Crippen LogP contribution in [0.1, 0.15) is 0 Å². The van der Waals surface area contributed by atoms with Crippen molar-refractivity contribution in [2.45, 2.75) is 12.2 Å². The van der Waals surface area contributed by atoms with Crippen molar-refractivity contribution in [3.05, 3.63) is 30.3 Å². The molecule has 1 aromatic carbocycles. The van der Waals surface area contributed by atoms with E-state index in [4.69, 9.17) is 9.84 Å². The van der Waals surface area contributed by atoms with Crippen molar-refractivity contribution in [1.29, 1.82) is 0 Å². The number of carboxylic acids is 1. The quantitative estimate of drug-likeness (QED) is 0.706. The van der Waals surface area contributed by atoms with Crippen molar-refractivity contribution in [3.63, 3.8) is 0 Å². The molecule has 1 aliphatic rings. The largest absolute Gasteiger partial charge is 0.479 e. The zero-order valence-electron chi connectivity index (χ0n) is 7.71. The van der Waals surface area contributed by atoms with Gasteiger partial charge in [0.25, 0.3) is 5.91 Å². The zero-order chi connectivity index (χ0) is 10.8. The third kappa shape index (κ3) is 2.13. The monoisotopic (exact) mass is 207 g/mol. The maximum absolute atomic E-state index is 11.4. The standard InChI is InChI=1S/C10H9NO4/c12-9(7-8(15-7)10(13)14)11-6-4-2-1-3-5-6/h1-5,7-8H,(H,11,12)(H,13,14). The molecule has 1 heterocycles. The topological polar surface area (TPSA) is 78.9 Å². The Morgan fingerprint density at radius 1 is 1.20 bits per heavy atom. The summed E-state index contributed by atoms with van der Waals surface area (Å²) in [5, 5.41) is 11.1. The van der Waals surface area contributed by atoms with Crippen LogP contribution >= 0.6 is 0 Å². The first kappa shape index (κ1) is 9.67. The average molecular weight is 207 g/mol. The summed E-state index contributed by atoms with van der Waals surface area (Å²) in [6.07, 6.45) is -1.85. The Morgan fingerprint density at radius 2 is 1.87 bits per heavy atom. The lowest BCUT2D eigenvalue weighted by Crippen LogP contribution is -2.22. The van der Waals surface area contributed by atoms with Gasteiger partial charge in [-0.15, -0.1) is 0 Å². The van der Waals surface area contributed by atoms with Crippen LogP contribution in [0.15, 0.2) is 30.3 Å². The molecule has 2 atom stereocenters. The number of hydrogen-bond acceptors (Lipinski definition) is 3. The Bertz CT molecular complexity index is 390. The zero-order valence-corrected chi connectivity index (χ0v) is 7.71. The van der Waals surface area contributed by atoms with E-state index in [-0.39, 0.29) is 0 Å². The van der Waals surface area contributed by atoms with Gasteiger partial charge in [0.2, 0.25) is 0 Å². The maximum Gasteiger partial charge on any atom is 0.336 e. The molecule has 1 fully saturated rings. The van der Waals surface area contributed by atoms with Gasteiger partial charge in [0.15, 0.2) is 12.2 Å². The number of para-hydroxylation sites is 1. The van der Waals surface area contributed by atoms with E-state index >= 15 is 0 Å². The third-order valence-electron chi connectivity index (χ3n) is 2.03. The van der Waals surface area contributed by atoms with Crippen molar-refractivity contribution >= 4 is 17.6 Å². The minimum absolute atomic E-state index is 0.423. The van der Waals surface area contributed by atoms with Crippen molar-refractivity contribution in [3.8, 4) is 0 Å².